The molecule has 0 bridgehead atoms. The minimum absolute atomic E-state index is 0.769. The summed E-state index contributed by atoms with van der Waals surface area (Å²) in [6.45, 7) is 0. The number of nitrogens with zero attached hydrogens (tertiary/aromatic N) is 2. The molecule has 0 saturated carbocycles. The van der Waals surface area contributed by atoms with Crippen molar-refractivity contribution >= 4 is 39.2 Å². The lowest BCUT2D eigenvalue weighted by Gasteiger charge is -2.06. The van der Waals surface area contributed by atoms with Crippen LogP contribution < -0.4 is 5.32 Å². The van der Waals surface area contributed by atoms with Gasteiger partial charge in [-0.1, -0.05) is 6.07 Å². The van der Waals surface area contributed by atoms with E-state index >= 15 is 0 Å². The van der Waals surface area contributed by atoms with E-state index in [1.54, 1.807) is 11.8 Å². The SMILES string of the molecule is CSc1cccc(Nc2cc(Br)ncn2)c1. The number of anilines is 2. The Morgan fingerprint density at radius 1 is 1.25 bits per heavy atom. The Labute approximate surface area is 107 Å². The number of hydrogen-bond donors (Lipinski definition) is 1. The van der Waals surface area contributed by atoms with Crippen molar-refractivity contribution in [1.82, 2.24) is 9.97 Å². The first-order chi connectivity index (χ1) is 7.78. The number of rotatable bonds is 3. The standard InChI is InChI=1S/C11H10BrN3S/c1-16-9-4-2-3-8(5-9)15-11-6-10(12)13-7-14-11/h2-7H,1H3,(H,13,14,15). The van der Waals surface area contributed by atoms with Crippen molar-refractivity contribution in [2.75, 3.05) is 11.6 Å². The predicted octanol–water partition coefficient (Wildman–Crippen LogP) is 3.70. The molecule has 0 unspecified atom stereocenters. The van der Waals surface area contributed by atoms with Crippen LogP contribution in [0.2, 0.25) is 0 Å². The normalized spacial score (nSPS) is 10.1. The van der Waals surface area contributed by atoms with E-state index in [1.807, 2.05) is 18.2 Å². The first-order valence-corrected chi connectivity index (χ1v) is 6.68. The van der Waals surface area contributed by atoms with Crippen LogP contribution in [0.1, 0.15) is 0 Å². The van der Waals surface area contributed by atoms with Crippen LogP contribution in [0.4, 0.5) is 11.5 Å². The Hall–Kier alpha value is -1.07. The molecule has 2 aromatic rings. The lowest BCUT2D eigenvalue weighted by molar-refractivity contribution is 1.14. The number of thioether (sulfide) groups is 1. The largest absolute Gasteiger partial charge is 0.340 e. The quantitative estimate of drug-likeness (QED) is 0.692. The highest BCUT2D eigenvalue weighted by molar-refractivity contribution is 9.10. The van der Waals surface area contributed by atoms with Gasteiger partial charge in [0.15, 0.2) is 0 Å². The van der Waals surface area contributed by atoms with Crippen molar-refractivity contribution in [2.24, 2.45) is 0 Å². The van der Waals surface area contributed by atoms with Crippen molar-refractivity contribution < 1.29 is 0 Å². The third-order valence-electron chi connectivity index (χ3n) is 1.98. The van der Waals surface area contributed by atoms with Gasteiger partial charge in [0.1, 0.15) is 16.7 Å². The highest BCUT2D eigenvalue weighted by Gasteiger charge is 1.98. The smallest absolute Gasteiger partial charge is 0.134 e. The van der Waals surface area contributed by atoms with Gasteiger partial charge in [0.25, 0.3) is 0 Å². The van der Waals surface area contributed by atoms with E-state index in [0.29, 0.717) is 0 Å². The molecule has 0 saturated heterocycles. The van der Waals surface area contributed by atoms with Gasteiger partial charge in [0, 0.05) is 16.6 Å². The van der Waals surface area contributed by atoms with E-state index in [9.17, 15) is 0 Å². The molecule has 1 aromatic heterocycles. The molecule has 16 heavy (non-hydrogen) atoms. The molecule has 0 spiro atoms. The van der Waals surface area contributed by atoms with Gasteiger partial charge < -0.3 is 5.32 Å². The van der Waals surface area contributed by atoms with Crippen LogP contribution in [0.15, 0.2) is 46.2 Å². The van der Waals surface area contributed by atoms with E-state index in [1.165, 1.54) is 11.2 Å². The highest BCUT2D eigenvalue weighted by atomic mass is 79.9. The molecular formula is C11H10BrN3S. The van der Waals surface area contributed by atoms with Crippen LogP contribution in [0, 0.1) is 0 Å². The van der Waals surface area contributed by atoms with Crippen LogP contribution in [0.25, 0.3) is 0 Å². The van der Waals surface area contributed by atoms with Crippen molar-refractivity contribution in [2.45, 2.75) is 4.90 Å². The minimum Gasteiger partial charge on any atom is -0.340 e. The zero-order chi connectivity index (χ0) is 11.4. The lowest BCUT2D eigenvalue weighted by atomic mass is 10.3. The summed E-state index contributed by atoms with van der Waals surface area (Å²) in [5, 5.41) is 3.22. The van der Waals surface area contributed by atoms with Gasteiger partial charge in [-0.15, -0.1) is 11.8 Å². The Kier molecular flexibility index (Phi) is 3.79. The van der Waals surface area contributed by atoms with Gasteiger partial charge >= 0.3 is 0 Å². The molecule has 0 aliphatic carbocycles. The summed E-state index contributed by atoms with van der Waals surface area (Å²) in [5.41, 5.74) is 1.03. The average molecular weight is 296 g/mol. The maximum Gasteiger partial charge on any atom is 0.134 e. The van der Waals surface area contributed by atoms with E-state index in [-0.39, 0.29) is 0 Å². The molecule has 0 radical (unpaired) electrons. The van der Waals surface area contributed by atoms with Crippen molar-refractivity contribution in [3.63, 3.8) is 0 Å². The Morgan fingerprint density at radius 3 is 2.88 bits per heavy atom. The summed E-state index contributed by atoms with van der Waals surface area (Å²) in [6, 6.07) is 10.0. The molecule has 0 atom stereocenters. The van der Waals surface area contributed by atoms with E-state index < -0.39 is 0 Å². The Morgan fingerprint density at radius 2 is 2.12 bits per heavy atom. The summed E-state index contributed by atoms with van der Waals surface area (Å²) < 4.78 is 0.769. The maximum absolute atomic E-state index is 4.13. The molecule has 3 nitrogen and oxygen atoms in total. The van der Waals surface area contributed by atoms with Crippen molar-refractivity contribution in [3.05, 3.63) is 41.3 Å². The number of halogens is 1. The summed E-state index contributed by atoms with van der Waals surface area (Å²) in [5.74, 6) is 0.778. The number of aromatic nitrogens is 2. The fraction of sp³-hybridized carbons (Fsp3) is 0.0909. The number of nitrogens with one attached hydrogen (secondary N) is 1. The number of hydrogen-bond acceptors (Lipinski definition) is 4. The van der Waals surface area contributed by atoms with Crippen molar-refractivity contribution in [1.29, 1.82) is 0 Å². The summed E-state index contributed by atoms with van der Waals surface area (Å²) in [7, 11) is 0. The van der Waals surface area contributed by atoms with Crippen LogP contribution in [-0.4, -0.2) is 16.2 Å². The third-order valence-corrected chi connectivity index (χ3v) is 3.13. The fourth-order valence-corrected chi connectivity index (χ4v) is 2.02. The van der Waals surface area contributed by atoms with Crippen LogP contribution in [0.3, 0.4) is 0 Å². The molecule has 0 aliphatic rings. The highest BCUT2D eigenvalue weighted by Crippen LogP contribution is 2.22. The van der Waals surface area contributed by atoms with Gasteiger partial charge in [-0.25, -0.2) is 9.97 Å². The maximum atomic E-state index is 4.13. The molecule has 0 amide bonds. The molecule has 1 N–H and O–H groups in total. The number of benzene rings is 1. The topological polar surface area (TPSA) is 37.8 Å². The van der Waals surface area contributed by atoms with Crippen LogP contribution >= 0.6 is 27.7 Å². The van der Waals surface area contributed by atoms with Gasteiger partial charge in [-0.05, 0) is 40.4 Å². The molecule has 1 aromatic carbocycles. The van der Waals surface area contributed by atoms with Crippen molar-refractivity contribution in [3.8, 4) is 0 Å². The first kappa shape index (κ1) is 11.4. The lowest BCUT2D eigenvalue weighted by Crippen LogP contribution is -1.94. The van der Waals surface area contributed by atoms with Gasteiger partial charge in [0.2, 0.25) is 0 Å². The van der Waals surface area contributed by atoms with E-state index in [2.05, 4.69) is 49.6 Å². The second kappa shape index (κ2) is 5.32. The zero-order valence-corrected chi connectivity index (χ0v) is 11.0. The fourth-order valence-electron chi connectivity index (χ4n) is 1.25. The second-order valence-electron chi connectivity index (χ2n) is 3.08. The van der Waals surface area contributed by atoms with Crippen LogP contribution in [0.5, 0.6) is 0 Å². The third kappa shape index (κ3) is 2.96. The molecule has 0 fully saturated rings. The van der Waals surface area contributed by atoms with E-state index in [0.717, 1.165) is 16.1 Å². The minimum atomic E-state index is 0.769. The Balaban J connectivity index is 2.20. The molecule has 0 aliphatic heterocycles. The summed E-state index contributed by atoms with van der Waals surface area (Å²) in [6.07, 6.45) is 3.57. The molecule has 82 valence electrons. The molecule has 5 heteroatoms. The van der Waals surface area contributed by atoms with Gasteiger partial charge in [0.05, 0.1) is 0 Å². The van der Waals surface area contributed by atoms with E-state index in [4.69, 9.17) is 0 Å². The van der Waals surface area contributed by atoms with Gasteiger partial charge in [-0.3, -0.25) is 0 Å². The van der Waals surface area contributed by atoms with Crippen LogP contribution in [-0.2, 0) is 0 Å². The summed E-state index contributed by atoms with van der Waals surface area (Å²) in [4.78, 5) is 9.33. The first-order valence-electron chi connectivity index (χ1n) is 4.66. The monoisotopic (exact) mass is 295 g/mol. The molecule has 1 heterocycles. The zero-order valence-electron chi connectivity index (χ0n) is 8.64. The second-order valence-corrected chi connectivity index (χ2v) is 4.78. The predicted molar refractivity (Wildman–Crippen MR) is 71.2 cm³/mol. The summed E-state index contributed by atoms with van der Waals surface area (Å²) >= 11 is 5.02. The van der Waals surface area contributed by atoms with Gasteiger partial charge in [-0.2, -0.15) is 0 Å². The Bertz CT molecular complexity index is 490. The molecular weight excluding hydrogens is 286 g/mol. The average Bonchev–Trinajstić information content (AvgIpc) is 2.29. The molecule has 2 rings (SSSR count).